The molecular weight excluding hydrogens is 263 g/mol. The third-order valence-electron chi connectivity index (χ3n) is 2.41. The van der Waals surface area contributed by atoms with Crippen molar-refractivity contribution in [2.75, 3.05) is 0 Å². The molecule has 0 amide bonds. The van der Waals surface area contributed by atoms with Crippen molar-refractivity contribution in [2.45, 2.75) is 29.1 Å². The van der Waals surface area contributed by atoms with Crippen LogP contribution in [0.5, 0.6) is 0 Å². The van der Waals surface area contributed by atoms with E-state index in [2.05, 4.69) is 0 Å². The standard InChI is InChI=1S/C9H11Cl2F2NO2/c10-8(11)2-1-5(9(12,13)4-8)3-6(14)7(15)16/h1-2,5-6H,3-4,14H2,(H,15,16)/t5?,6-/m0/s1. The molecule has 92 valence electrons. The van der Waals surface area contributed by atoms with Gasteiger partial charge in [-0.1, -0.05) is 35.4 Å². The molecule has 16 heavy (non-hydrogen) atoms. The monoisotopic (exact) mass is 273 g/mol. The number of aliphatic carboxylic acids is 1. The highest BCUT2D eigenvalue weighted by Crippen LogP contribution is 2.45. The molecule has 2 atom stereocenters. The van der Waals surface area contributed by atoms with Crippen LogP contribution in [-0.4, -0.2) is 27.4 Å². The van der Waals surface area contributed by atoms with Crippen molar-refractivity contribution in [2.24, 2.45) is 11.7 Å². The lowest BCUT2D eigenvalue weighted by atomic mass is 9.86. The minimum absolute atomic E-state index is 0.345. The molecule has 0 spiro atoms. The minimum atomic E-state index is -3.15. The number of alkyl halides is 4. The van der Waals surface area contributed by atoms with Gasteiger partial charge in [0, 0.05) is 12.3 Å². The van der Waals surface area contributed by atoms with Crippen LogP contribution in [0.1, 0.15) is 12.8 Å². The molecule has 0 aromatic heterocycles. The van der Waals surface area contributed by atoms with Crippen molar-refractivity contribution >= 4 is 29.2 Å². The summed E-state index contributed by atoms with van der Waals surface area (Å²) >= 11 is 11.1. The van der Waals surface area contributed by atoms with E-state index in [0.29, 0.717) is 0 Å². The summed E-state index contributed by atoms with van der Waals surface area (Å²) in [5.41, 5.74) is 5.20. The molecule has 0 aliphatic heterocycles. The molecule has 0 aromatic rings. The van der Waals surface area contributed by atoms with Gasteiger partial charge in [-0.05, 0) is 6.42 Å². The van der Waals surface area contributed by atoms with E-state index in [1.807, 2.05) is 0 Å². The highest BCUT2D eigenvalue weighted by Gasteiger charge is 2.48. The first-order chi connectivity index (χ1) is 7.14. The van der Waals surface area contributed by atoms with Crippen molar-refractivity contribution in [3.63, 3.8) is 0 Å². The predicted molar refractivity (Wildman–Crippen MR) is 56.9 cm³/mol. The first-order valence-corrected chi connectivity index (χ1v) is 5.33. The number of hydrogen-bond acceptors (Lipinski definition) is 2. The summed E-state index contributed by atoms with van der Waals surface area (Å²) < 4.78 is 25.4. The van der Waals surface area contributed by atoms with Gasteiger partial charge < -0.3 is 10.8 Å². The predicted octanol–water partition coefficient (Wildman–Crippen LogP) is 2.17. The molecule has 0 aromatic carbocycles. The molecule has 1 rings (SSSR count). The third-order valence-corrected chi connectivity index (χ3v) is 2.93. The van der Waals surface area contributed by atoms with E-state index >= 15 is 0 Å². The molecule has 1 aliphatic carbocycles. The largest absolute Gasteiger partial charge is 0.480 e. The zero-order valence-electron chi connectivity index (χ0n) is 8.17. The molecule has 7 heteroatoms. The highest BCUT2D eigenvalue weighted by molar-refractivity contribution is 6.49. The summed E-state index contributed by atoms with van der Waals surface area (Å²) in [6, 6.07) is -1.32. The van der Waals surface area contributed by atoms with Crippen molar-refractivity contribution in [1.29, 1.82) is 0 Å². The van der Waals surface area contributed by atoms with Crippen LogP contribution in [-0.2, 0) is 4.79 Å². The van der Waals surface area contributed by atoms with Gasteiger partial charge in [-0.2, -0.15) is 0 Å². The fraction of sp³-hybridized carbons (Fsp3) is 0.667. The summed E-state index contributed by atoms with van der Waals surface area (Å²) in [4.78, 5) is 10.5. The SMILES string of the molecule is N[C@@H](CC1C=CC(Cl)(Cl)CC1(F)F)C(=O)O. The van der Waals surface area contributed by atoms with E-state index in [1.54, 1.807) is 0 Å². The number of carboxylic acids is 1. The number of carboxylic acid groups (broad SMARTS) is 1. The Hall–Kier alpha value is -0.390. The Balaban J connectivity index is 2.78. The van der Waals surface area contributed by atoms with Gasteiger partial charge in [0.1, 0.15) is 10.4 Å². The van der Waals surface area contributed by atoms with Gasteiger partial charge in [-0.25, -0.2) is 8.78 Å². The number of hydrogen-bond donors (Lipinski definition) is 2. The van der Waals surface area contributed by atoms with Gasteiger partial charge in [-0.3, -0.25) is 4.79 Å². The summed E-state index contributed by atoms with van der Waals surface area (Å²) in [5, 5.41) is 8.54. The van der Waals surface area contributed by atoms with Gasteiger partial charge in [-0.15, -0.1) is 0 Å². The highest BCUT2D eigenvalue weighted by atomic mass is 35.5. The maximum atomic E-state index is 13.5. The molecule has 0 saturated carbocycles. The van der Waals surface area contributed by atoms with E-state index in [1.165, 1.54) is 6.08 Å². The Kier molecular flexibility index (Phi) is 3.82. The lowest BCUT2D eigenvalue weighted by molar-refractivity contribution is -0.139. The molecule has 1 unspecified atom stereocenters. The van der Waals surface area contributed by atoms with Crippen LogP contribution >= 0.6 is 23.2 Å². The summed E-state index contributed by atoms with van der Waals surface area (Å²) in [7, 11) is 0. The fourth-order valence-electron chi connectivity index (χ4n) is 1.53. The zero-order chi connectivity index (χ0) is 12.6. The van der Waals surface area contributed by atoms with Crippen LogP contribution in [0.25, 0.3) is 0 Å². The van der Waals surface area contributed by atoms with Gasteiger partial charge >= 0.3 is 5.97 Å². The first-order valence-electron chi connectivity index (χ1n) is 4.57. The molecule has 3 nitrogen and oxygen atoms in total. The Labute approximate surface area is 101 Å². The molecule has 1 aliphatic rings. The van der Waals surface area contributed by atoms with E-state index in [9.17, 15) is 13.6 Å². The van der Waals surface area contributed by atoms with Crippen LogP contribution in [0.4, 0.5) is 8.78 Å². The van der Waals surface area contributed by atoms with E-state index in [4.69, 9.17) is 34.0 Å². The Morgan fingerprint density at radius 2 is 2.19 bits per heavy atom. The van der Waals surface area contributed by atoms with E-state index in [-0.39, 0.29) is 6.42 Å². The topological polar surface area (TPSA) is 63.3 Å². The summed E-state index contributed by atoms with van der Waals surface area (Å²) in [5.74, 6) is -5.70. The Morgan fingerprint density at radius 3 is 2.62 bits per heavy atom. The zero-order valence-corrected chi connectivity index (χ0v) is 9.68. The number of allylic oxidation sites excluding steroid dienone is 2. The summed E-state index contributed by atoms with van der Waals surface area (Å²) in [6.07, 6.45) is 1.29. The fourth-order valence-corrected chi connectivity index (χ4v) is 2.03. The van der Waals surface area contributed by atoms with Crippen molar-refractivity contribution in [3.8, 4) is 0 Å². The molecule has 0 heterocycles. The van der Waals surface area contributed by atoms with E-state index < -0.39 is 34.6 Å². The second kappa shape index (κ2) is 4.47. The van der Waals surface area contributed by atoms with Crippen molar-refractivity contribution in [3.05, 3.63) is 12.2 Å². The average Bonchev–Trinajstić information content (AvgIpc) is 2.07. The second-order valence-electron chi connectivity index (χ2n) is 3.84. The van der Waals surface area contributed by atoms with Crippen molar-refractivity contribution in [1.82, 2.24) is 0 Å². The Bertz CT molecular complexity index is 321. The molecule has 0 radical (unpaired) electrons. The average molecular weight is 274 g/mol. The van der Waals surface area contributed by atoms with Gasteiger partial charge in [0.05, 0.1) is 0 Å². The maximum absolute atomic E-state index is 13.5. The number of halogens is 4. The van der Waals surface area contributed by atoms with Gasteiger partial charge in [0.25, 0.3) is 5.92 Å². The lowest BCUT2D eigenvalue weighted by Gasteiger charge is -2.33. The lowest BCUT2D eigenvalue weighted by Crippen LogP contribution is -2.42. The Morgan fingerprint density at radius 1 is 1.62 bits per heavy atom. The number of nitrogens with two attached hydrogens (primary N) is 1. The van der Waals surface area contributed by atoms with Crippen LogP contribution in [0.3, 0.4) is 0 Å². The molecule has 0 saturated heterocycles. The second-order valence-corrected chi connectivity index (χ2v) is 5.39. The molecular formula is C9H11Cl2F2NO2. The van der Waals surface area contributed by atoms with Gasteiger partial charge in [0.2, 0.25) is 0 Å². The minimum Gasteiger partial charge on any atom is -0.480 e. The van der Waals surface area contributed by atoms with Crippen LogP contribution in [0, 0.1) is 5.92 Å². The summed E-state index contributed by atoms with van der Waals surface area (Å²) in [6.45, 7) is 0. The van der Waals surface area contributed by atoms with Crippen molar-refractivity contribution < 1.29 is 18.7 Å². The van der Waals surface area contributed by atoms with E-state index in [0.717, 1.165) is 6.08 Å². The molecule has 0 bridgehead atoms. The number of rotatable bonds is 3. The molecule has 3 N–H and O–H groups in total. The normalized spacial score (nSPS) is 28.7. The number of carbonyl (C=O) groups is 1. The van der Waals surface area contributed by atoms with Crippen LogP contribution in [0.15, 0.2) is 12.2 Å². The molecule has 0 fully saturated rings. The maximum Gasteiger partial charge on any atom is 0.320 e. The van der Waals surface area contributed by atoms with Crippen LogP contribution < -0.4 is 5.73 Å². The third kappa shape index (κ3) is 3.30. The first kappa shape index (κ1) is 13.7. The van der Waals surface area contributed by atoms with Gasteiger partial charge in [0.15, 0.2) is 0 Å². The smallest absolute Gasteiger partial charge is 0.320 e. The quantitative estimate of drug-likeness (QED) is 0.612. The van der Waals surface area contributed by atoms with Crippen LogP contribution in [0.2, 0.25) is 0 Å².